The maximum Gasteiger partial charge on any atom is 0.394 e. The molecule has 7 nitrogen and oxygen atoms in total. The number of phenolic OH excluding ortho intramolecular Hbond substituents is 2. The Balaban J connectivity index is 1.77. The molecule has 0 bridgehead atoms. The Morgan fingerprint density at radius 2 is 1.17 bits per heavy atom. The number of carbonyl (C=O) groups is 2. The van der Waals surface area contributed by atoms with Gasteiger partial charge in [-0.15, -0.1) is 0 Å². The van der Waals surface area contributed by atoms with E-state index in [0.29, 0.717) is 11.1 Å². The number of aromatic hydroxyl groups is 2. The predicted molar refractivity (Wildman–Crippen MR) is 100 cm³/mol. The van der Waals surface area contributed by atoms with Crippen LogP contribution in [-0.4, -0.2) is 34.4 Å². The van der Waals surface area contributed by atoms with Crippen molar-refractivity contribution in [2.45, 2.75) is 5.97 Å². The van der Waals surface area contributed by atoms with Crippen LogP contribution >= 0.6 is 0 Å². The second-order valence-electron chi connectivity index (χ2n) is 6.68. The van der Waals surface area contributed by atoms with Crippen molar-refractivity contribution in [3.05, 3.63) is 83.3 Å². The van der Waals surface area contributed by atoms with E-state index >= 15 is 0 Å². The first-order chi connectivity index (χ1) is 14.0. The highest BCUT2D eigenvalue weighted by Crippen LogP contribution is 2.48. The first-order valence-corrected chi connectivity index (χ1v) is 8.84. The maximum atomic E-state index is 13.1. The lowest BCUT2D eigenvalue weighted by Crippen LogP contribution is -2.27. The summed E-state index contributed by atoms with van der Waals surface area (Å²) in [5.41, 5.74) is 0.878. The second-order valence-corrected chi connectivity index (χ2v) is 6.68. The molecule has 1 saturated heterocycles. The molecule has 5 rings (SSSR count). The van der Waals surface area contributed by atoms with Crippen molar-refractivity contribution in [1.29, 1.82) is 0 Å². The zero-order valence-electron chi connectivity index (χ0n) is 14.9. The number of Topliss-reactive ketones (excluding diaryl/α,β-unsaturated/α-hetero) is 2. The van der Waals surface area contributed by atoms with Crippen molar-refractivity contribution < 1.29 is 34.0 Å². The smallest absolute Gasteiger partial charge is 0.394 e. The molecule has 3 aliphatic rings. The minimum absolute atomic E-state index is 0.0246. The molecule has 1 aliphatic carbocycles. The molecule has 144 valence electrons. The Bertz CT molecular complexity index is 1050. The van der Waals surface area contributed by atoms with Crippen LogP contribution in [0, 0.1) is 0 Å². The number of rotatable bonds is 2. The average Bonchev–Trinajstić information content (AvgIpc) is 3.32. The number of hydrogen-bond acceptors (Lipinski definition) is 7. The lowest BCUT2D eigenvalue weighted by molar-refractivity contribution is -0.268. The number of hydrogen-bond donors (Lipinski definition) is 2. The highest BCUT2D eigenvalue weighted by Gasteiger charge is 2.52. The molecule has 0 unspecified atom stereocenters. The van der Waals surface area contributed by atoms with Gasteiger partial charge in [0.25, 0.3) is 0 Å². The summed E-state index contributed by atoms with van der Waals surface area (Å²) in [5, 5.41) is 19.1. The molecule has 7 heteroatoms. The van der Waals surface area contributed by atoms with Gasteiger partial charge in [-0.2, -0.15) is 0 Å². The van der Waals surface area contributed by atoms with Gasteiger partial charge in [-0.05, 0) is 35.4 Å². The summed E-state index contributed by atoms with van der Waals surface area (Å²) in [7, 11) is 0. The molecule has 0 amide bonds. The van der Waals surface area contributed by atoms with Gasteiger partial charge in [0.05, 0.1) is 17.8 Å². The van der Waals surface area contributed by atoms with Crippen molar-refractivity contribution in [2.75, 3.05) is 6.61 Å². The molecule has 0 aromatic heterocycles. The zero-order valence-corrected chi connectivity index (χ0v) is 14.9. The van der Waals surface area contributed by atoms with E-state index in [-0.39, 0.29) is 40.8 Å². The van der Waals surface area contributed by atoms with E-state index in [4.69, 9.17) is 14.2 Å². The highest BCUT2D eigenvalue weighted by atomic mass is 16.9. The lowest BCUT2D eigenvalue weighted by atomic mass is 9.85. The Morgan fingerprint density at radius 1 is 0.724 bits per heavy atom. The number of phenols is 2. The minimum atomic E-state index is -1.54. The Labute approximate surface area is 164 Å². The highest BCUT2D eigenvalue weighted by molar-refractivity contribution is 6.66. The van der Waals surface area contributed by atoms with Crippen LogP contribution in [0.25, 0.3) is 11.1 Å². The summed E-state index contributed by atoms with van der Waals surface area (Å²) in [6.45, 7) is 0.255. The van der Waals surface area contributed by atoms with Crippen LogP contribution in [0.15, 0.2) is 72.2 Å². The number of ether oxygens (including phenoxy) is 3. The van der Waals surface area contributed by atoms with Crippen molar-refractivity contribution in [2.24, 2.45) is 0 Å². The lowest BCUT2D eigenvalue weighted by Gasteiger charge is -2.17. The van der Waals surface area contributed by atoms with Gasteiger partial charge < -0.3 is 19.7 Å². The molecule has 2 aromatic rings. The molecule has 2 heterocycles. The fourth-order valence-electron chi connectivity index (χ4n) is 3.47. The summed E-state index contributed by atoms with van der Waals surface area (Å²) in [5.74, 6) is -2.83. The SMILES string of the molecule is O=C1C(=O)C(c2ccc(O)cc2)=C2OC3(C=CCO3)OC2=C1c1ccc(O)cc1. The van der Waals surface area contributed by atoms with Gasteiger partial charge in [0.1, 0.15) is 11.5 Å². The second kappa shape index (κ2) is 6.08. The van der Waals surface area contributed by atoms with Gasteiger partial charge in [0.15, 0.2) is 11.5 Å². The standard InChI is InChI=1S/C22H14O7/c23-14-6-2-12(3-7-14)16-18(25)19(26)17(13-4-8-15(24)9-5-13)21-20(16)28-22(29-21)10-1-11-27-22/h1-10,23-24H,11H2. The molecule has 0 atom stereocenters. The van der Waals surface area contributed by atoms with Crippen LogP contribution < -0.4 is 0 Å². The van der Waals surface area contributed by atoms with Crippen LogP contribution in [0.2, 0.25) is 0 Å². The Kier molecular flexibility index (Phi) is 3.62. The van der Waals surface area contributed by atoms with E-state index in [1.807, 2.05) is 0 Å². The quantitative estimate of drug-likeness (QED) is 0.462. The van der Waals surface area contributed by atoms with Crippen molar-refractivity contribution >= 4 is 22.7 Å². The molecule has 0 saturated carbocycles. The average molecular weight is 390 g/mol. The number of fused-ring (bicyclic) bond motifs is 1. The fraction of sp³-hybridized carbons (Fsp3) is 0.0909. The normalized spacial score (nSPS) is 19.6. The van der Waals surface area contributed by atoms with Crippen molar-refractivity contribution in [3.63, 3.8) is 0 Å². The molecular weight excluding hydrogens is 376 g/mol. The van der Waals surface area contributed by atoms with Crippen LogP contribution in [0.1, 0.15) is 11.1 Å². The maximum absolute atomic E-state index is 13.1. The van der Waals surface area contributed by atoms with Crippen LogP contribution in [0.5, 0.6) is 11.5 Å². The van der Waals surface area contributed by atoms with Crippen molar-refractivity contribution in [1.82, 2.24) is 0 Å². The van der Waals surface area contributed by atoms with Gasteiger partial charge in [-0.3, -0.25) is 14.3 Å². The van der Waals surface area contributed by atoms with E-state index in [1.54, 1.807) is 12.2 Å². The van der Waals surface area contributed by atoms with E-state index in [2.05, 4.69) is 0 Å². The summed E-state index contributed by atoms with van der Waals surface area (Å²) in [4.78, 5) is 26.1. The summed E-state index contributed by atoms with van der Waals surface area (Å²) < 4.78 is 17.4. The van der Waals surface area contributed by atoms with E-state index in [1.165, 1.54) is 48.5 Å². The van der Waals surface area contributed by atoms with E-state index in [9.17, 15) is 19.8 Å². The Hall–Kier alpha value is -3.84. The molecule has 29 heavy (non-hydrogen) atoms. The zero-order chi connectivity index (χ0) is 20.2. The molecule has 2 aliphatic heterocycles. The number of allylic oxidation sites excluding steroid dienone is 2. The number of ketones is 2. The minimum Gasteiger partial charge on any atom is -0.508 e. The van der Waals surface area contributed by atoms with Gasteiger partial charge in [-0.1, -0.05) is 30.3 Å². The van der Waals surface area contributed by atoms with Crippen LogP contribution in [-0.2, 0) is 23.8 Å². The van der Waals surface area contributed by atoms with E-state index < -0.39 is 17.5 Å². The third-order valence-corrected chi connectivity index (χ3v) is 4.82. The van der Waals surface area contributed by atoms with Gasteiger partial charge in [0.2, 0.25) is 11.6 Å². The topological polar surface area (TPSA) is 102 Å². The van der Waals surface area contributed by atoms with E-state index in [0.717, 1.165) is 0 Å². The third-order valence-electron chi connectivity index (χ3n) is 4.82. The Morgan fingerprint density at radius 3 is 1.55 bits per heavy atom. The van der Waals surface area contributed by atoms with Crippen molar-refractivity contribution in [3.8, 4) is 11.5 Å². The molecular formula is C22H14O7. The molecule has 2 N–H and O–H groups in total. The molecule has 1 spiro atoms. The predicted octanol–water partition coefficient (Wildman–Crippen LogP) is 2.66. The largest absolute Gasteiger partial charge is 0.508 e. The summed E-state index contributed by atoms with van der Waals surface area (Å²) >= 11 is 0. The molecule has 2 aromatic carbocycles. The summed E-state index contributed by atoms with van der Waals surface area (Å²) in [6, 6.07) is 11.7. The fourth-order valence-corrected chi connectivity index (χ4v) is 3.47. The van der Waals surface area contributed by atoms with Gasteiger partial charge in [0, 0.05) is 6.08 Å². The number of carbonyl (C=O) groups excluding carboxylic acids is 2. The number of benzene rings is 2. The third kappa shape index (κ3) is 2.63. The van der Waals surface area contributed by atoms with Gasteiger partial charge in [-0.25, -0.2) is 0 Å². The summed E-state index contributed by atoms with van der Waals surface area (Å²) in [6.07, 6.45) is 3.28. The first-order valence-electron chi connectivity index (χ1n) is 8.84. The van der Waals surface area contributed by atoms with Crippen LogP contribution in [0.4, 0.5) is 0 Å². The molecule has 0 radical (unpaired) electrons. The van der Waals surface area contributed by atoms with Crippen LogP contribution in [0.3, 0.4) is 0 Å². The monoisotopic (exact) mass is 390 g/mol. The molecule has 1 fully saturated rings. The van der Waals surface area contributed by atoms with Gasteiger partial charge >= 0.3 is 5.97 Å². The first kappa shape index (κ1) is 17.3.